The number of aromatic nitrogens is 2. The monoisotopic (exact) mass is 287 g/mol. The van der Waals surface area contributed by atoms with E-state index in [1.807, 2.05) is 47.3 Å². The molecule has 4 N–H and O–H groups in total. The molecule has 2 rings (SSSR count). The van der Waals surface area contributed by atoms with Crippen LogP contribution in [-0.4, -0.2) is 26.9 Å². The number of hydrogen-bond acceptors (Lipinski definition) is 4. The first kappa shape index (κ1) is 15.1. The Hall–Kier alpha value is -2.34. The second-order valence-electron chi connectivity index (χ2n) is 5.05. The molecule has 1 heterocycles. The van der Waals surface area contributed by atoms with Crippen LogP contribution in [0.1, 0.15) is 24.9 Å². The summed E-state index contributed by atoms with van der Waals surface area (Å²) in [5.74, 6) is 0.211. The summed E-state index contributed by atoms with van der Waals surface area (Å²) in [6, 6.07) is 12.1. The van der Waals surface area contributed by atoms with Crippen LogP contribution in [0.4, 0.5) is 0 Å². The quantitative estimate of drug-likeness (QED) is 0.313. The maximum absolute atomic E-state index is 8.79. The van der Waals surface area contributed by atoms with Crippen LogP contribution in [-0.2, 0) is 6.54 Å². The van der Waals surface area contributed by atoms with E-state index in [1.54, 1.807) is 6.20 Å². The third kappa shape index (κ3) is 4.61. The van der Waals surface area contributed by atoms with Crippen molar-refractivity contribution in [2.45, 2.75) is 32.0 Å². The van der Waals surface area contributed by atoms with Gasteiger partial charge in [-0.15, -0.1) is 0 Å². The highest BCUT2D eigenvalue weighted by molar-refractivity contribution is 5.80. The average Bonchev–Trinajstić information content (AvgIpc) is 3.00. The molecular formula is C15H21N5O. The van der Waals surface area contributed by atoms with Crippen molar-refractivity contribution >= 4 is 5.84 Å². The molecule has 0 saturated carbocycles. The molecule has 6 nitrogen and oxygen atoms in total. The van der Waals surface area contributed by atoms with Gasteiger partial charge in [0.1, 0.15) is 5.84 Å². The summed E-state index contributed by atoms with van der Waals surface area (Å²) in [4.78, 5) is 0. The minimum Gasteiger partial charge on any atom is -0.409 e. The molecule has 0 amide bonds. The topological polar surface area (TPSA) is 88.5 Å². The molecule has 0 bridgehead atoms. The first-order valence-electron chi connectivity index (χ1n) is 6.94. The van der Waals surface area contributed by atoms with Gasteiger partial charge in [0, 0.05) is 30.9 Å². The summed E-state index contributed by atoms with van der Waals surface area (Å²) < 4.78 is 1.88. The number of amidine groups is 1. The highest BCUT2D eigenvalue weighted by Gasteiger charge is 2.16. The average molecular weight is 287 g/mol. The van der Waals surface area contributed by atoms with Crippen LogP contribution in [0, 0.1) is 0 Å². The Morgan fingerprint density at radius 2 is 2.14 bits per heavy atom. The SMILES string of the molecule is CC(Cn1cccn1)NC(CC(N)=NO)c1ccccc1. The van der Waals surface area contributed by atoms with Crippen LogP contribution >= 0.6 is 0 Å². The third-order valence-corrected chi connectivity index (χ3v) is 3.25. The Labute approximate surface area is 124 Å². The summed E-state index contributed by atoms with van der Waals surface area (Å²) in [5, 5.41) is 19.6. The van der Waals surface area contributed by atoms with E-state index in [0.717, 1.165) is 12.1 Å². The number of benzene rings is 1. The second-order valence-corrected chi connectivity index (χ2v) is 5.05. The molecular weight excluding hydrogens is 266 g/mol. The van der Waals surface area contributed by atoms with Gasteiger partial charge in [-0.05, 0) is 18.6 Å². The lowest BCUT2D eigenvalue weighted by atomic mass is 10.0. The zero-order valence-electron chi connectivity index (χ0n) is 12.1. The van der Waals surface area contributed by atoms with Crippen LogP contribution in [0.25, 0.3) is 0 Å². The Balaban J connectivity index is 2.05. The van der Waals surface area contributed by atoms with Crippen LogP contribution in [0.5, 0.6) is 0 Å². The lowest BCUT2D eigenvalue weighted by molar-refractivity contribution is 0.314. The number of rotatable bonds is 7. The first-order valence-corrected chi connectivity index (χ1v) is 6.94. The molecule has 0 fully saturated rings. The van der Waals surface area contributed by atoms with Gasteiger partial charge >= 0.3 is 0 Å². The minimum absolute atomic E-state index is 0.00679. The van der Waals surface area contributed by atoms with Crippen molar-refractivity contribution in [2.75, 3.05) is 0 Å². The first-order chi connectivity index (χ1) is 10.2. The summed E-state index contributed by atoms with van der Waals surface area (Å²) in [5.41, 5.74) is 6.77. The molecule has 2 unspecified atom stereocenters. The summed E-state index contributed by atoms with van der Waals surface area (Å²) >= 11 is 0. The van der Waals surface area contributed by atoms with Crippen molar-refractivity contribution in [3.05, 3.63) is 54.4 Å². The van der Waals surface area contributed by atoms with E-state index >= 15 is 0 Å². The number of nitrogens with one attached hydrogen (secondary N) is 1. The van der Waals surface area contributed by atoms with Crippen molar-refractivity contribution in [1.82, 2.24) is 15.1 Å². The Kier molecular flexibility index (Phi) is 5.34. The molecule has 0 aliphatic rings. The van der Waals surface area contributed by atoms with Crippen molar-refractivity contribution in [3.63, 3.8) is 0 Å². The van der Waals surface area contributed by atoms with E-state index in [0.29, 0.717) is 6.42 Å². The van der Waals surface area contributed by atoms with E-state index < -0.39 is 0 Å². The van der Waals surface area contributed by atoms with Gasteiger partial charge in [0.2, 0.25) is 0 Å². The molecule has 21 heavy (non-hydrogen) atoms. The predicted octanol–water partition coefficient (Wildman–Crippen LogP) is 1.74. The zero-order valence-corrected chi connectivity index (χ0v) is 12.1. The zero-order chi connectivity index (χ0) is 15.1. The van der Waals surface area contributed by atoms with E-state index in [2.05, 4.69) is 22.5 Å². The fourth-order valence-electron chi connectivity index (χ4n) is 2.29. The van der Waals surface area contributed by atoms with E-state index in [-0.39, 0.29) is 17.9 Å². The lowest BCUT2D eigenvalue weighted by Crippen LogP contribution is -2.36. The van der Waals surface area contributed by atoms with Gasteiger partial charge in [0.25, 0.3) is 0 Å². The Morgan fingerprint density at radius 3 is 2.76 bits per heavy atom. The van der Waals surface area contributed by atoms with E-state index in [1.165, 1.54) is 0 Å². The Morgan fingerprint density at radius 1 is 1.38 bits per heavy atom. The number of nitrogens with zero attached hydrogens (tertiary/aromatic N) is 3. The largest absolute Gasteiger partial charge is 0.409 e. The molecule has 112 valence electrons. The highest BCUT2D eigenvalue weighted by atomic mass is 16.4. The summed E-state index contributed by atoms with van der Waals surface area (Å²) in [7, 11) is 0. The van der Waals surface area contributed by atoms with Crippen molar-refractivity contribution in [3.8, 4) is 0 Å². The van der Waals surface area contributed by atoms with Gasteiger partial charge in [-0.3, -0.25) is 4.68 Å². The van der Waals surface area contributed by atoms with Gasteiger partial charge in [-0.25, -0.2) is 0 Å². The van der Waals surface area contributed by atoms with Crippen LogP contribution in [0.2, 0.25) is 0 Å². The van der Waals surface area contributed by atoms with Crippen LogP contribution < -0.4 is 11.1 Å². The van der Waals surface area contributed by atoms with E-state index in [4.69, 9.17) is 10.9 Å². The molecule has 0 spiro atoms. The highest BCUT2D eigenvalue weighted by Crippen LogP contribution is 2.17. The summed E-state index contributed by atoms with van der Waals surface area (Å²) in [6.45, 7) is 2.84. The van der Waals surface area contributed by atoms with E-state index in [9.17, 15) is 0 Å². The van der Waals surface area contributed by atoms with Crippen molar-refractivity contribution in [2.24, 2.45) is 10.9 Å². The molecule has 0 aliphatic heterocycles. The predicted molar refractivity (Wildman–Crippen MR) is 82.0 cm³/mol. The fourth-order valence-corrected chi connectivity index (χ4v) is 2.29. The van der Waals surface area contributed by atoms with Gasteiger partial charge < -0.3 is 16.3 Å². The Bertz CT molecular complexity index is 553. The molecule has 6 heteroatoms. The number of hydrogen-bond donors (Lipinski definition) is 3. The lowest BCUT2D eigenvalue weighted by Gasteiger charge is -2.23. The molecule has 0 radical (unpaired) electrons. The smallest absolute Gasteiger partial charge is 0.141 e. The number of nitrogens with two attached hydrogens (primary N) is 1. The van der Waals surface area contributed by atoms with Crippen LogP contribution in [0.15, 0.2) is 53.9 Å². The molecule has 2 atom stereocenters. The second kappa shape index (κ2) is 7.44. The van der Waals surface area contributed by atoms with Crippen molar-refractivity contribution in [1.29, 1.82) is 0 Å². The summed E-state index contributed by atoms with van der Waals surface area (Å²) in [6.07, 6.45) is 4.14. The number of oxime groups is 1. The normalized spacial score (nSPS) is 14.8. The molecule has 2 aromatic rings. The van der Waals surface area contributed by atoms with Gasteiger partial charge in [-0.2, -0.15) is 5.10 Å². The molecule has 1 aromatic heterocycles. The standard InChI is InChI=1S/C15H21N5O/c1-12(11-20-9-5-8-17-20)18-14(10-15(16)19-21)13-6-3-2-4-7-13/h2-9,12,14,18,21H,10-11H2,1H3,(H2,16,19). The minimum atomic E-state index is -0.00679. The third-order valence-electron chi connectivity index (χ3n) is 3.25. The molecule has 0 aliphatic carbocycles. The maximum atomic E-state index is 8.79. The molecule has 0 saturated heterocycles. The van der Waals surface area contributed by atoms with Crippen LogP contribution in [0.3, 0.4) is 0 Å². The van der Waals surface area contributed by atoms with Gasteiger partial charge in [0.15, 0.2) is 0 Å². The van der Waals surface area contributed by atoms with Crippen molar-refractivity contribution < 1.29 is 5.21 Å². The maximum Gasteiger partial charge on any atom is 0.141 e. The molecule has 1 aromatic carbocycles. The fraction of sp³-hybridized carbons (Fsp3) is 0.333. The van der Waals surface area contributed by atoms with Gasteiger partial charge in [0.05, 0.1) is 6.54 Å². The van der Waals surface area contributed by atoms with Gasteiger partial charge in [-0.1, -0.05) is 35.5 Å².